The molecule has 1 saturated heterocycles. The average Bonchev–Trinajstić information content (AvgIpc) is 2.93. The highest BCUT2D eigenvalue weighted by molar-refractivity contribution is 5.97. The zero-order valence-electron chi connectivity index (χ0n) is 15.1. The lowest BCUT2D eigenvalue weighted by atomic mass is 9.70. The summed E-state index contributed by atoms with van der Waals surface area (Å²) in [6.45, 7) is 6.73. The molecule has 6 heteroatoms. The molecule has 2 aliphatic rings. The second-order valence-electron chi connectivity index (χ2n) is 8.16. The molecule has 2 fully saturated rings. The van der Waals surface area contributed by atoms with Gasteiger partial charge in [0.15, 0.2) is 6.04 Å². The summed E-state index contributed by atoms with van der Waals surface area (Å²) in [7, 11) is 0. The highest BCUT2D eigenvalue weighted by Crippen LogP contribution is 2.47. The third kappa shape index (κ3) is 3.27. The van der Waals surface area contributed by atoms with Crippen LogP contribution in [-0.4, -0.2) is 45.2 Å². The van der Waals surface area contributed by atoms with Crippen LogP contribution >= 0.6 is 0 Å². The van der Waals surface area contributed by atoms with Gasteiger partial charge in [0.2, 0.25) is 0 Å². The van der Waals surface area contributed by atoms with Crippen LogP contribution in [0.25, 0.3) is 0 Å². The number of nitrogens with zero attached hydrogens (tertiary/aromatic N) is 2. The highest BCUT2D eigenvalue weighted by atomic mass is 16.5. The summed E-state index contributed by atoms with van der Waals surface area (Å²) in [6.07, 6.45) is 6.29. The van der Waals surface area contributed by atoms with Crippen molar-refractivity contribution in [1.29, 1.82) is 0 Å². The molecule has 1 aliphatic heterocycles. The van der Waals surface area contributed by atoms with Gasteiger partial charge in [-0.2, -0.15) is 0 Å². The maximum Gasteiger partial charge on any atom is 0.328 e. The maximum atomic E-state index is 13.1. The van der Waals surface area contributed by atoms with Gasteiger partial charge >= 0.3 is 5.97 Å². The van der Waals surface area contributed by atoms with Crippen LogP contribution in [-0.2, 0) is 9.53 Å². The number of pyridine rings is 1. The van der Waals surface area contributed by atoms with E-state index in [2.05, 4.69) is 25.8 Å². The number of amides is 1. The fraction of sp³-hybridized carbons (Fsp3) is 0.632. The van der Waals surface area contributed by atoms with Gasteiger partial charge in [0, 0.05) is 18.0 Å². The number of carboxylic acids is 1. The number of carboxylic acid groups (broad SMARTS) is 1. The molecular formula is C19H26N2O4. The zero-order valence-corrected chi connectivity index (χ0v) is 15.1. The van der Waals surface area contributed by atoms with Crippen molar-refractivity contribution in [2.75, 3.05) is 6.61 Å². The largest absolute Gasteiger partial charge is 0.480 e. The molecule has 2 heterocycles. The lowest BCUT2D eigenvalue weighted by Crippen LogP contribution is -2.55. The van der Waals surface area contributed by atoms with E-state index in [9.17, 15) is 14.7 Å². The van der Waals surface area contributed by atoms with Crippen molar-refractivity contribution in [2.24, 2.45) is 11.3 Å². The fourth-order valence-electron chi connectivity index (χ4n) is 4.12. The normalized spacial score (nSPS) is 29.8. The number of carbonyl (C=O) groups is 2. The first kappa shape index (κ1) is 17.9. The first-order valence-electron chi connectivity index (χ1n) is 8.85. The quantitative estimate of drug-likeness (QED) is 0.890. The molecule has 1 saturated carbocycles. The van der Waals surface area contributed by atoms with Crippen LogP contribution in [0.1, 0.15) is 56.8 Å². The zero-order chi connectivity index (χ0) is 18.2. The predicted octanol–water partition coefficient (Wildman–Crippen LogP) is 2.94. The van der Waals surface area contributed by atoms with E-state index in [1.807, 2.05) is 0 Å². The molecule has 3 rings (SSSR count). The topological polar surface area (TPSA) is 79.7 Å². The van der Waals surface area contributed by atoms with Crippen LogP contribution in [0.15, 0.2) is 24.5 Å². The number of ether oxygens (including phenoxy) is 1. The van der Waals surface area contributed by atoms with Crippen molar-refractivity contribution < 1.29 is 19.4 Å². The van der Waals surface area contributed by atoms with Crippen molar-refractivity contribution in [3.63, 3.8) is 0 Å². The van der Waals surface area contributed by atoms with Gasteiger partial charge in [0.05, 0.1) is 6.61 Å². The van der Waals surface area contributed by atoms with Gasteiger partial charge in [-0.15, -0.1) is 0 Å². The third-order valence-electron chi connectivity index (χ3n) is 5.68. The molecule has 136 valence electrons. The van der Waals surface area contributed by atoms with Gasteiger partial charge in [-0.3, -0.25) is 14.7 Å². The van der Waals surface area contributed by atoms with E-state index >= 15 is 0 Å². The lowest BCUT2D eigenvalue weighted by molar-refractivity contribution is -0.144. The monoisotopic (exact) mass is 346 g/mol. The predicted molar refractivity (Wildman–Crippen MR) is 91.9 cm³/mol. The summed E-state index contributed by atoms with van der Waals surface area (Å²) in [5.41, 5.74) is -0.151. The number of hydrogen-bond donors (Lipinski definition) is 1. The number of hydrogen-bond acceptors (Lipinski definition) is 4. The number of rotatable bonds is 2. The van der Waals surface area contributed by atoms with E-state index in [0.717, 1.165) is 12.8 Å². The molecule has 1 amide bonds. The second-order valence-corrected chi connectivity index (χ2v) is 8.16. The molecule has 0 aromatic carbocycles. The van der Waals surface area contributed by atoms with Gasteiger partial charge in [-0.05, 0) is 49.1 Å². The van der Waals surface area contributed by atoms with Crippen molar-refractivity contribution in [3.8, 4) is 0 Å². The Bertz CT molecular complexity index is 645. The summed E-state index contributed by atoms with van der Waals surface area (Å²) in [5.74, 6) is -0.762. The molecule has 25 heavy (non-hydrogen) atoms. The Labute approximate surface area is 148 Å². The Morgan fingerprint density at radius 3 is 2.36 bits per heavy atom. The Hall–Kier alpha value is -1.95. The van der Waals surface area contributed by atoms with E-state index in [1.165, 1.54) is 4.90 Å². The summed E-state index contributed by atoms with van der Waals surface area (Å²) >= 11 is 0. The summed E-state index contributed by atoms with van der Waals surface area (Å²) in [5, 5.41) is 9.59. The third-order valence-corrected chi connectivity index (χ3v) is 5.68. The molecular weight excluding hydrogens is 320 g/mol. The van der Waals surface area contributed by atoms with Crippen LogP contribution < -0.4 is 0 Å². The number of aliphatic carboxylic acids is 1. The first-order chi connectivity index (χ1) is 11.7. The second kappa shape index (κ2) is 6.41. The molecule has 1 atom stereocenters. The van der Waals surface area contributed by atoms with Gasteiger partial charge < -0.3 is 9.84 Å². The van der Waals surface area contributed by atoms with Crippen LogP contribution in [0.5, 0.6) is 0 Å². The number of carbonyl (C=O) groups excluding carboxylic acids is 1. The van der Waals surface area contributed by atoms with Crippen molar-refractivity contribution >= 4 is 11.9 Å². The molecule has 1 aromatic heterocycles. The van der Waals surface area contributed by atoms with E-state index < -0.39 is 17.7 Å². The Morgan fingerprint density at radius 2 is 1.84 bits per heavy atom. The van der Waals surface area contributed by atoms with E-state index in [1.54, 1.807) is 24.5 Å². The molecule has 1 N–H and O–H groups in total. The smallest absolute Gasteiger partial charge is 0.328 e. The van der Waals surface area contributed by atoms with Gasteiger partial charge in [-0.25, -0.2) is 4.79 Å². The van der Waals surface area contributed by atoms with E-state index in [4.69, 9.17) is 4.74 Å². The van der Waals surface area contributed by atoms with Crippen molar-refractivity contribution in [1.82, 2.24) is 9.88 Å². The molecule has 1 aliphatic carbocycles. The van der Waals surface area contributed by atoms with Crippen LogP contribution in [0.3, 0.4) is 0 Å². The van der Waals surface area contributed by atoms with Crippen LogP contribution in [0, 0.1) is 11.3 Å². The van der Waals surface area contributed by atoms with Gasteiger partial charge in [-0.1, -0.05) is 20.8 Å². The summed E-state index contributed by atoms with van der Waals surface area (Å²) in [6, 6.07) is 2.30. The first-order valence-corrected chi connectivity index (χ1v) is 8.85. The number of aromatic nitrogens is 1. The minimum absolute atomic E-state index is 0.0480. The summed E-state index contributed by atoms with van der Waals surface area (Å²) < 4.78 is 5.98. The fourth-order valence-corrected chi connectivity index (χ4v) is 4.12. The SMILES string of the molecule is CC(C)(C)C1CCC2(CC1)OC[C@@H](C(=O)O)N2C(=O)c1ccncc1. The summed E-state index contributed by atoms with van der Waals surface area (Å²) in [4.78, 5) is 30.2. The molecule has 6 nitrogen and oxygen atoms in total. The lowest BCUT2D eigenvalue weighted by Gasteiger charge is -2.46. The van der Waals surface area contributed by atoms with Gasteiger partial charge in [0.25, 0.3) is 5.91 Å². The minimum Gasteiger partial charge on any atom is -0.480 e. The maximum absolute atomic E-state index is 13.1. The van der Waals surface area contributed by atoms with E-state index in [0.29, 0.717) is 24.3 Å². The van der Waals surface area contributed by atoms with Gasteiger partial charge in [0.1, 0.15) is 5.72 Å². The average molecular weight is 346 g/mol. The van der Waals surface area contributed by atoms with E-state index in [-0.39, 0.29) is 17.9 Å². The highest BCUT2D eigenvalue weighted by Gasteiger charge is 2.54. The Balaban J connectivity index is 1.88. The minimum atomic E-state index is -1.02. The molecule has 0 radical (unpaired) electrons. The molecule has 1 aromatic rings. The molecule has 1 spiro atoms. The Kier molecular flexibility index (Phi) is 4.58. The van der Waals surface area contributed by atoms with Crippen LogP contribution in [0.2, 0.25) is 0 Å². The van der Waals surface area contributed by atoms with Crippen LogP contribution in [0.4, 0.5) is 0 Å². The molecule has 0 unspecified atom stereocenters. The standard InChI is InChI=1S/C19H26N2O4/c1-18(2,3)14-4-8-19(9-5-14)21(15(12-25-19)17(23)24)16(22)13-6-10-20-11-7-13/h6-7,10-11,14-15H,4-5,8-9,12H2,1-3H3,(H,23,24)/t14?,15-,19?/m0/s1. The van der Waals surface area contributed by atoms with Crippen molar-refractivity contribution in [3.05, 3.63) is 30.1 Å². The van der Waals surface area contributed by atoms with Crippen molar-refractivity contribution in [2.45, 2.75) is 58.2 Å². The Morgan fingerprint density at radius 1 is 1.24 bits per heavy atom. The molecule has 0 bridgehead atoms.